The first kappa shape index (κ1) is 10.0. The van der Waals surface area contributed by atoms with Crippen LogP contribution in [0.15, 0.2) is 23.1 Å². The van der Waals surface area contributed by atoms with Crippen LogP contribution < -0.4 is 0 Å². The third-order valence-corrected chi connectivity index (χ3v) is 2.91. The Morgan fingerprint density at radius 1 is 1.38 bits per heavy atom. The molecule has 1 aromatic rings. The Morgan fingerprint density at radius 2 is 2.00 bits per heavy atom. The standard InChI is InChI=1S/C8H10O4S/c1-6-3-4-7(9)8(5-6)13(10,11)12-2/h3-5,9H,1-2H3. The second kappa shape index (κ2) is 3.35. The molecule has 1 rings (SSSR count). The molecule has 1 aromatic carbocycles. The van der Waals surface area contributed by atoms with Gasteiger partial charge < -0.3 is 5.11 Å². The van der Waals surface area contributed by atoms with Crippen LogP contribution in [0.1, 0.15) is 5.56 Å². The molecule has 0 heterocycles. The first-order valence-electron chi connectivity index (χ1n) is 3.57. The molecule has 0 fully saturated rings. The predicted molar refractivity (Wildman–Crippen MR) is 47.0 cm³/mol. The SMILES string of the molecule is COS(=O)(=O)c1cc(C)ccc1O. The van der Waals surface area contributed by atoms with Crippen molar-refractivity contribution in [1.29, 1.82) is 0 Å². The summed E-state index contributed by atoms with van der Waals surface area (Å²) in [6.07, 6.45) is 0. The van der Waals surface area contributed by atoms with Crippen molar-refractivity contribution in [3.8, 4) is 5.75 Å². The third-order valence-electron chi connectivity index (χ3n) is 1.60. The maximum atomic E-state index is 11.2. The highest BCUT2D eigenvalue weighted by atomic mass is 32.2. The number of rotatable bonds is 2. The summed E-state index contributed by atoms with van der Waals surface area (Å²) < 4.78 is 26.7. The molecule has 4 nitrogen and oxygen atoms in total. The van der Waals surface area contributed by atoms with Gasteiger partial charge in [0.25, 0.3) is 10.1 Å². The highest BCUT2D eigenvalue weighted by Gasteiger charge is 2.17. The zero-order valence-corrected chi connectivity index (χ0v) is 8.13. The number of phenols is 1. The molecule has 72 valence electrons. The van der Waals surface area contributed by atoms with E-state index in [0.717, 1.165) is 12.7 Å². The predicted octanol–water partition coefficient (Wildman–Crippen LogP) is 1.04. The minimum Gasteiger partial charge on any atom is -0.506 e. The van der Waals surface area contributed by atoms with Crippen LogP contribution in [0.25, 0.3) is 0 Å². The molecule has 1 N–H and O–H groups in total. The van der Waals surface area contributed by atoms with E-state index in [-0.39, 0.29) is 10.6 Å². The number of benzene rings is 1. The van der Waals surface area contributed by atoms with E-state index < -0.39 is 10.1 Å². The number of phenolic OH excluding ortho intramolecular Hbond substituents is 1. The molecule has 0 saturated carbocycles. The normalized spacial score (nSPS) is 11.5. The Labute approximate surface area is 76.9 Å². The molecule has 5 heteroatoms. The highest BCUT2D eigenvalue weighted by molar-refractivity contribution is 7.86. The molecule has 0 aliphatic heterocycles. The minimum atomic E-state index is -3.80. The lowest BCUT2D eigenvalue weighted by atomic mass is 10.2. The molecule has 0 aliphatic carbocycles. The van der Waals surface area contributed by atoms with Gasteiger partial charge in [0.2, 0.25) is 0 Å². The lowest BCUT2D eigenvalue weighted by molar-refractivity contribution is 0.389. The van der Waals surface area contributed by atoms with E-state index in [1.165, 1.54) is 12.1 Å². The van der Waals surface area contributed by atoms with Gasteiger partial charge in [0.15, 0.2) is 0 Å². The van der Waals surface area contributed by atoms with E-state index in [1.54, 1.807) is 13.0 Å². The molecule has 0 spiro atoms. The highest BCUT2D eigenvalue weighted by Crippen LogP contribution is 2.24. The van der Waals surface area contributed by atoms with Gasteiger partial charge in [-0.3, -0.25) is 4.18 Å². The van der Waals surface area contributed by atoms with Crippen LogP contribution in [-0.2, 0) is 14.3 Å². The summed E-state index contributed by atoms with van der Waals surface area (Å²) in [4.78, 5) is -0.199. The summed E-state index contributed by atoms with van der Waals surface area (Å²) in [6, 6.07) is 4.29. The van der Waals surface area contributed by atoms with Crippen molar-refractivity contribution in [2.75, 3.05) is 7.11 Å². The molecule has 13 heavy (non-hydrogen) atoms. The molecule has 0 aromatic heterocycles. The van der Waals surface area contributed by atoms with E-state index in [9.17, 15) is 13.5 Å². The molecule has 0 unspecified atom stereocenters. The van der Waals surface area contributed by atoms with E-state index in [1.807, 2.05) is 0 Å². The van der Waals surface area contributed by atoms with Crippen molar-refractivity contribution in [3.05, 3.63) is 23.8 Å². The molecule has 0 amide bonds. The summed E-state index contributed by atoms with van der Waals surface area (Å²) in [5, 5.41) is 9.24. The van der Waals surface area contributed by atoms with Crippen LogP contribution in [0.3, 0.4) is 0 Å². The Kier molecular flexibility index (Phi) is 2.58. The summed E-state index contributed by atoms with van der Waals surface area (Å²) in [6.45, 7) is 1.73. The van der Waals surface area contributed by atoms with Gasteiger partial charge >= 0.3 is 0 Å². The lowest BCUT2D eigenvalue weighted by Gasteiger charge is -2.04. The largest absolute Gasteiger partial charge is 0.506 e. The molecule has 0 aliphatic rings. The fraction of sp³-hybridized carbons (Fsp3) is 0.250. The minimum absolute atomic E-state index is 0.199. The third kappa shape index (κ3) is 1.99. The number of aryl methyl sites for hydroxylation is 1. The average Bonchev–Trinajstić information content (AvgIpc) is 2.09. The Bertz CT molecular complexity index is 408. The second-order valence-corrected chi connectivity index (χ2v) is 4.27. The Balaban J connectivity index is 3.38. The van der Waals surface area contributed by atoms with Crippen LogP contribution in [0.2, 0.25) is 0 Å². The number of hydrogen-bond donors (Lipinski definition) is 1. The van der Waals surface area contributed by atoms with Crippen LogP contribution in [0.5, 0.6) is 5.75 Å². The molecule has 0 radical (unpaired) electrons. The van der Waals surface area contributed by atoms with Crippen molar-refractivity contribution in [1.82, 2.24) is 0 Å². The first-order chi connectivity index (χ1) is 5.97. The topological polar surface area (TPSA) is 63.6 Å². The van der Waals surface area contributed by atoms with E-state index in [0.29, 0.717) is 0 Å². The van der Waals surface area contributed by atoms with Crippen LogP contribution in [0.4, 0.5) is 0 Å². The van der Waals surface area contributed by atoms with Crippen molar-refractivity contribution >= 4 is 10.1 Å². The van der Waals surface area contributed by atoms with Crippen LogP contribution >= 0.6 is 0 Å². The summed E-state index contributed by atoms with van der Waals surface area (Å²) in [7, 11) is -2.75. The second-order valence-electron chi connectivity index (χ2n) is 2.59. The van der Waals surface area contributed by atoms with Crippen molar-refractivity contribution in [2.24, 2.45) is 0 Å². The average molecular weight is 202 g/mol. The quantitative estimate of drug-likeness (QED) is 0.728. The fourth-order valence-electron chi connectivity index (χ4n) is 0.911. The van der Waals surface area contributed by atoms with Gasteiger partial charge in [-0.1, -0.05) is 6.07 Å². The zero-order chi connectivity index (χ0) is 10.1. The number of aromatic hydroxyl groups is 1. The van der Waals surface area contributed by atoms with Gasteiger partial charge in [-0.05, 0) is 24.6 Å². The molecular weight excluding hydrogens is 192 g/mol. The van der Waals surface area contributed by atoms with E-state index >= 15 is 0 Å². The molecule has 0 saturated heterocycles. The maximum Gasteiger partial charge on any atom is 0.300 e. The van der Waals surface area contributed by atoms with Crippen molar-refractivity contribution in [3.63, 3.8) is 0 Å². The Morgan fingerprint density at radius 3 is 2.54 bits per heavy atom. The summed E-state index contributed by atoms with van der Waals surface area (Å²) >= 11 is 0. The molecule has 0 bridgehead atoms. The van der Waals surface area contributed by atoms with E-state index in [4.69, 9.17) is 0 Å². The van der Waals surface area contributed by atoms with Crippen LogP contribution in [0, 0.1) is 6.92 Å². The fourth-order valence-corrected chi connectivity index (χ4v) is 1.75. The van der Waals surface area contributed by atoms with E-state index in [2.05, 4.69) is 4.18 Å². The Hall–Kier alpha value is -1.07. The maximum absolute atomic E-state index is 11.2. The monoisotopic (exact) mass is 202 g/mol. The van der Waals surface area contributed by atoms with Gasteiger partial charge in [0, 0.05) is 0 Å². The lowest BCUT2D eigenvalue weighted by Crippen LogP contribution is -2.03. The number of hydrogen-bond acceptors (Lipinski definition) is 4. The zero-order valence-electron chi connectivity index (χ0n) is 7.31. The van der Waals surface area contributed by atoms with Gasteiger partial charge in [0.05, 0.1) is 7.11 Å². The van der Waals surface area contributed by atoms with Crippen molar-refractivity contribution < 1.29 is 17.7 Å². The van der Waals surface area contributed by atoms with Gasteiger partial charge in [0.1, 0.15) is 10.6 Å². The first-order valence-corrected chi connectivity index (χ1v) is 4.98. The summed E-state index contributed by atoms with van der Waals surface area (Å²) in [5.41, 5.74) is 0.744. The van der Waals surface area contributed by atoms with Crippen molar-refractivity contribution in [2.45, 2.75) is 11.8 Å². The van der Waals surface area contributed by atoms with Gasteiger partial charge in [-0.15, -0.1) is 0 Å². The van der Waals surface area contributed by atoms with Gasteiger partial charge in [-0.2, -0.15) is 8.42 Å². The molecule has 0 atom stereocenters. The molecular formula is C8H10O4S. The van der Waals surface area contributed by atoms with Crippen LogP contribution in [-0.4, -0.2) is 20.6 Å². The smallest absolute Gasteiger partial charge is 0.300 e. The van der Waals surface area contributed by atoms with Gasteiger partial charge in [-0.25, -0.2) is 0 Å². The summed E-state index contributed by atoms with van der Waals surface area (Å²) in [5.74, 6) is -0.299.